The van der Waals surface area contributed by atoms with Crippen molar-refractivity contribution >= 4 is 22.9 Å². The van der Waals surface area contributed by atoms with Gasteiger partial charge in [-0.15, -0.1) is 0 Å². The molecular formula is C15H14F2N2S. The van der Waals surface area contributed by atoms with Crippen LogP contribution in [0.2, 0.25) is 0 Å². The molecule has 2 aromatic rings. The molecule has 0 aromatic heterocycles. The third kappa shape index (κ3) is 3.30. The Balaban J connectivity index is 2.25. The summed E-state index contributed by atoms with van der Waals surface area (Å²) in [5.41, 5.74) is 7.29. The molecule has 20 heavy (non-hydrogen) atoms. The maximum absolute atomic E-state index is 13.8. The highest BCUT2D eigenvalue weighted by Crippen LogP contribution is 2.19. The van der Waals surface area contributed by atoms with Crippen LogP contribution in [-0.4, -0.2) is 12.0 Å². The number of halogens is 2. The van der Waals surface area contributed by atoms with E-state index in [1.165, 1.54) is 18.2 Å². The van der Waals surface area contributed by atoms with Crippen molar-refractivity contribution < 1.29 is 8.78 Å². The molecular weight excluding hydrogens is 278 g/mol. The Morgan fingerprint density at radius 2 is 1.95 bits per heavy atom. The number of thiocarbonyl (C=S) groups is 1. The van der Waals surface area contributed by atoms with Crippen LogP contribution >= 0.6 is 12.2 Å². The van der Waals surface area contributed by atoms with E-state index in [1.54, 1.807) is 36.2 Å². The number of nitrogens with two attached hydrogens (primary N) is 1. The molecule has 0 amide bonds. The topological polar surface area (TPSA) is 29.3 Å². The van der Waals surface area contributed by atoms with Crippen molar-refractivity contribution in [1.29, 1.82) is 0 Å². The van der Waals surface area contributed by atoms with Gasteiger partial charge in [0.25, 0.3) is 0 Å². The molecule has 0 spiro atoms. The summed E-state index contributed by atoms with van der Waals surface area (Å²) in [5.74, 6) is -0.667. The summed E-state index contributed by atoms with van der Waals surface area (Å²) in [6.07, 6.45) is 0. The quantitative estimate of drug-likeness (QED) is 0.877. The fourth-order valence-corrected chi connectivity index (χ4v) is 2.04. The normalized spacial score (nSPS) is 10.3. The number of rotatable bonds is 4. The number of anilines is 1. The molecule has 0 unspecified atom stereocenters. The van der Waals surface area contributed by atoms with Crippen LogP contribution in [0.15, 0.2) is 42.5 Å². The van der Waals surface area contributed by atoms with E-state index in [4.69, 9.17) is 18.0 Å². The minimum Gasteiger partial charge on any atom is -0.389 e. The second kappa shape index (κ2) is 5.96. The van der Waals surface area contributed by atoms with Gasteiger partial charge in [-0.2, -0.15) is 0 Å². The Kier molecular flexibility index (Phi) is 4.29. The van der Waals surface area contributed by atoms with Crippen LogP contribution in [-0.2, 0) is 6.54 Å². The van der Waals surface area contributed by atoms with Gasteiger partial charge in [-0.05, 0) is 36.4 Å². The third-order valence-corrected chi connectivity index (χ3v) is 3.22. The Hall–Kier alpha value is -2.01. The monoisotopic (exact) mass is 292 g/mol. The second-order valence-electron chi connectivity index (χ2n) is 4.51. The first-order valence-corrected chi connectivity index (χ1v) is 6.43. The average molecular weight is 292 g/mol. The van der Waals surface area contributed by atoms with Gasteiger partial charge < -0.3 is 10.6 Å². The Bertz CT molecular complexity index is 644. The van der Waals surface area contributed by atoms with Crippen molar-refractivity contribution in [2.24, 2.45) is 5.73 Å². The standard InChI is InChI=1S/C15H14F2N2S/c1-19(13-4-2-3-12(16)8-13)9-11-7-10(15(18)20)5-6-14(11)17/h2-8H,9H2,1H3,(H2,18,20). The Morgan fingerprint density at radius 1 is 1.20 bits per heavy atom. The van der Waals surface area contributed by atoms with Crippen LogP contribution in [0.1, 0.15) is 11.1 Å². The summed E-state index contributed by atoms with van der Waals surface area (Å²) in [6.45, 7) is 0.297. The van der Waals surface area contributed by atoms with Crippen molar-refractivity contribution in [1.82, 2.24) is 0 Å². The maximum Gasteiger partial charge on any atom is 0.128 e. The molecule has 2 rings (SSSR count). The molecule has 2 nitrogen and oxygen atoms in total. The first kappa shape index (κ1) is 14.4. The van der Waals surface area contributed by atoms with Crippen LogP contribution in [0.5, 0.6) is 0 Å². The summed E-state index contributed by atoms with van der Waals surface area (Å²) in [7, 11) is 1.77. The SMILES string of the molecule is CN(Cc1cc(C(N)=S)ccc1F)c1cccc(F)c1. The van der Waals surface area contributed by atoms with Crippen molar-refractivity contribution in [2.75, 3.05) is 11.9 Å². The zero-order valence-corrected chi connectivity index (χ0v) is 11.8. The van der Waals surface area contributed by atoms with Gasteiger partial charge in [0.05, 0.1) is 0 Å². The van der Waals surface area contributed by atoms with E-state index in [2.05, 4.69) is 0 Å². The predicted molar refractivity (Wildman–Crippen MR) is 80.8 cm³/mol. The van der Waals surface area contributed by atoms with Crippen molar-refractivity contribution in [3.63, 3.8) is 0 Å². The lowest BCUT2D eigenvalue weighted by Crippen LogP contribution is -2.18. The van der Waals surface area contributed by atoms with Gasteiger partial charge in [-0.25, -0.2) is 8.78 Å². The molecule has 0 saturated heterocycles. The van der Waals surface area contributed by atoms with Crippen molar-refractivity contribution in [3.8, 4) is 0 Å². The summed E-state index contributed by atoms with van der Waals surface area (Å²) >= 11 is 4.88. The summed E-state index contributed by atoms with van der Waals surface area (Å²) in [6, 6.07) is 10.6. The smallest absolute Gasteiger partial charge is 0.128 e. The zero-order chi connectivity index (χ0) is 14.7. The average Bonchev–Trinajstić information content (AvgIpc) is 2.41. The van der Waals surface area contributed by atoms with E-state index in [9.17, 15) is 8.78 Å². The van der Waals surface area contributed by atoms with Gasteiger partial charge in [-0.1, -0.05) is 18.3 Å². The van der Waals surface area contributed by atoms with Gasteiger partial charge >= 0.3 is 0 Å². The van der Waals surface area contributed by atoms with Gasteiger partial charge in [-0.3, -0.25) is 0 Å². The minimum absolute atomic E-state index is 0.222. The highest BCUT2D eigenvalue weighted by Gasteiger charge is 2.09. The lowest BCUT2D eigenvalue weighted by molar-refractivity contribution is 0.607. The molecule has 0 aliphatic heterocycles. The van der Waals surface area contributed by atoms with E-state index >= 15 is 0 Å². The number of hydrogen-bond donors (Lipinski definition) is 1. The van der Waals surface area contributed by atoms with Crippen LogP contribution in [0.25, 0.3) is 0 Å². The molecule has 0 bridgehead atoms. The first-order valence-electron chi connectivity index (χ1n) is 6.02. The van der Waals surface area contributed by atoms with E-state index in [0.717, 1.165) is 0 Å². The van der Waals surface area contributed by atoms with E-state index in [1.807, 2.05) is 0 Å². The van der Waals surface area contributed by atoms with Gasteiger partial charge in [0.15, 0.2) is 0 Å². The summed E-state index contributed by atoms with van der Waals surface area (Å²) in [5, 5.41) is 0. The molecule has 0 fully saturated rings. The molecule has 104 valence electrons. The molecule has 2 aromatic carbocycles. The van der Waals surface area contributed by atoms with Crippen molar-refractivity contribution in [2.45, 2.75) is 6.54 Å². The third-order valence-electron chi connectivity index (χ3n) is 2.99. The molecule has 0 aliphatic carbocycles. The van der Waals surface area contributed by atoms with E-state index in [0.29, 0.717) is 23.4 Å². The molecule has 0 heterocycles. The van der Waals surface area contributed by atoms with Gasteiger partial charge in [0.1, 0.15) is 16.6 Å². The first-order chi connectivity index (χ1) is 9.47. The number of nitrogens with zero attached hydrogens (tertiary/aromatic N) is 1. The molecule has 0 aliphatic rings. The molecule has 5 heteroatoms. The number of hydrogen-bond acceptors (Lipinski definition) is 2. The lowest BCUT2D eigenvalue weighted by Gasteiger charge is -2.20. The molecule has 0 saturated carbocycles. The molecule has 0 atom stereocenters. The Morgan fingerprint density at radius 3 is 2.60 bits per heavy atom. The minimum atomic E-state index is -0.340. The highest BCUT2D eigenvalue weighted by molar-refractivity contribution is 7.80. The molecule has 0 radical (unpaired) electrons. The van der Waals surface area contributed by atoms with Crippen LogP contribution < -0.4 is 10.6 Å². The van der Waals surface area contributed by atoms with Gasteiger partial charge in [0.2, 0.25) is 0 Å². The van der Waals surface area contributed by atoms with Crippen LogP contribution in [0.4, 0.5) is 14.5 Å². The second-order valence-corrected chi connectivity index (χ2v) is 4.95. The summed E-state index contributed by atoms with van der Waals surface area (Å²) in [4.78, 5) is 1.98. The predicted octanol–water partition coefficient (Wildman–Crippen LogP) is 3.24. The van der Waals surface area contributed by atoms with E-state index < -0.39 is 0 Å². The lowest BCUT2D eigenvalue weighted by atomic mass is 10.1. The Labute approximate surface area is 121 Å². The largest absolute Gasteiger partial charge is 0.389 e. The zero-order valence-electron chi connectivity index (χ0n) is 10.9. The maximum atomic E-state index is 13.8. The highest BCUT2D eigenvalue weighted by atomic mass is 32.1. The van der Waals surface area contributed by atoms with Crippen molar-refractivity contribution in [3.05, 3.63) is 65.2 Å². The number of benzene rings is 2. The van der Waals surface area contributed by atoms with Crippen LogP contribution in [0.3, 0.4) is 0 Å². The fraction of sp³-hybridized carbons (Fsp3) is 0.133. The summed E-state index contributed by atoms with van der Waals surface area (Å²) < 4.78 is 27.0. The van der Waals surface area contributed by atoms with Crippen LogP contribution in [0, 0.1) is 11.6 Å². The molecule has 2 N–H and O–H groups in total. The van der Waals surface area contributed by atoms with Gasteiger partial charge in [0, 0.05) is 30.4 Å². The van der Waals surface area contributed by atoms with E-state index in [-0.39, 0.29) is 16.6 Å². The fourth-order valence-electron chi connectivity index (χ4n) is 1.91.